The van der Waals surface area contributed by atoms with Gasteiger partial charge in [-0.1, -0.05) is 19.9 Å². The molecule has 16 heavy (non-hydrogen) atoms. The Bertz CT molecular complexity index is 328. The number of hydrogen-bond donors (Lipinski definition) is 2. The van der Waals surface area contributed by atoms with Gasteiger partial charge in [-0.15, -0.1) is 0 Å². The summed E-state index contributed by atoms with van der Waals surface area (Å²) in [6, 6.07) is 2.05. The third-order valence-electron chi connectivity index (χ3n) is 2.69. The molecule has 1 aromatic rings. The number of hydrogen-bond acceptors (Lipinski definition) is 4. The van der Waals surface area contributed by atoms with Crippen molar-refractivity contribution in [3.8, 4) is 0 Å². The summed E-state index contributed by atoms with van der Waals surface area (Å²) < 4.78 is 5.49. The van der Waals surface area contributed by atoms with E-state index in [1.54, 1.807) is 7.11 Å². The number of nitrogens with two attached hydrogens (primary N) is 1. The van der Waals surface area contributed by atoms with Crippen LogP contribution in [0.25, 0.3) is 0 Å². The summed E-state index contributed by atoms with van der Waals surface area (Å²) in [5, 5.41) is 0. The number of nitrogens with zero attached hydrogens (tertiary/aromatic N) is 1. The summed E-state index contributed by atoms with van der Waals surface area (Å²) in [7, 11) is 1.71. The van der Waals surface area contributed by atoms with E-state index in [4.69, 9.17) is 10.6 Å². The molecule has 3 N–H and O–H groups in total. The third kappa shape index (κ3) is 3.01. The van der Waals surface area contributed by atoms with E-state index in [1.807, 2.05) is 19.3 Å². The lowest BCUT2D eigenvalue weighted by atomic mass is 9.94. The zero-order chi connectivity index (χ0) is 12.1. The van der Waals surface area contributed by atoms with E-state index in [1.165, 1.54) is 0 Å². The molecule has 1 rings (SSSR count). The number of rotatable bonds is 5. The zero-order valence-electron chi connectivity index (χ0n) is 10.4. The van der Waals surface area contributed by atoms with E-state index in [-0.39, 0.29) is 12.1 Å². The van der Waals surface area contributed by atoms with Crippen LogP contribution in [-0.2, 0) is 4.74 Å². The van der Waals surface area contributed by atoms with Crippen LogP contribution in [0.1, 0.15) is 31.0 Å². The molecule has 0 spiro atoms. The molecule has 4 heteroatoms. The standard InChI is InChI=1S/C12H21N3O/c1-8(2)12(16-4)11(15-13)10-5-9(3)6-14-7-10/h5-8,11-12,15H,13H2,1-4H3. The highest BCUT2D eigenvalue weighted by Crippen LogP contribution is 2.23. The predicted octanol–water partition coefficient (Wildman–Crippen LogP) is 1.57. The molecule has 0 saturated carbocycles. The summed E-state index contributed by atoms with van der Waals surface area (Å²) >= 11 is 0. The first-order valence-electron chi connectivity index (χ1n) is 5.50. The normalized spacial score (nSPS) is 15.1. The van der Waals surface area contributed by atoms with Gasteiger partial charge in [0.1, 0.15) is 0 Å². The second-order valence-electron chi connectivity index (χ2n) is 4.38. The van der Waals surface area contributed by atoms with E-state index < -0.39 is 0 Å². The van der Waals surface area contributed by atoms with Crippen molar-refractivity contribution in [2.24, 2.45) is 11.8 Å². The van der Waals surface area contributed by atoms with Gasteiger partial charge in [-0.25, -0.2) is 0 Å². The van der Waals surface area contributed by atoms with Crippen molar-refractivity contribution in [1.29, 1.82) is 0 Å². The molecule has 1 aromatic heterocycles. The number of nitrogens with one attached hydrogen (secondary N) is 1. The fraction of sp³-hybridized carbons (Fsp3) is 0.583. The first-order chi connectivity index (χ1) is 7.60. The van der Waals surface area contributed by atoms with Gasteiger partial charge in [0.25, 0.3) is 0 Å². The number of aryl methyl sites for hydroxylation is 1. The monoisotopic (exact) mass is 223 g/mol. The lowest BCUT2D eigenvalue weighted by Crippen LogP contribution is -2.40. The number of pyridine rings is 1. The van der Waals surface area contributed by atoms with Crippen LogP contribution in [0.15, 0.2) is 18.5 Å². The van der Waals surface area contributed by atoms with E-state index >= 15 is 0 Å². The fourth-order valence-corrected chi connectivity index (χ4v) is 1.92. The van der Waals surface area contributed by atoms with Gasteiger partial charge in [-0.3, -0.25) is 16.3 Å². The van der Waals surface area contributed by atoms with E-state index in [0.29, 0.717) is 5.92 Å². The Morgan fingerprint density at radius 1 is 1.38 bits per heavy atom. The van der Waals surface area contributed by atoms with Gasteiger partial charge in [0.2, 0.25) is 0 Å². The lowest BCUT2D eigenvalue weighted by molar-refractivity contribution is 0.0325. The largest absolute Gasteiger partial charge is 0.379 e. The lowest BCUT2D eigenvalue weighted by Gasteiger charge is -2.28. The maximum atomic E-state index is 5.61. The smallest absolute Gasteiger partial charge is 0.0802 e. The first-order valence-corrected chi connectivity index (χ1v) is 5.50. The predicted molar refractivity (Wildman–Crippen MR) is 64.7 cm³/mol. The van der Waals surface area contributed by atoms with Gasteiger partial charge in [0.05, 0.1) is 12.1 Å². The minimum Gasteiger partial charge on any atom is -0.379 e. The van der Waals surface area contributed by atoms with Crippen LogP contribution in [0, 0.1) is 12.8 Å². The van der Waals surface area contributed by atoms with Crippen molar-refractivity contribution < 1.29 is 4.74 Å². The Kier molecular flexibility index (Phi) is 4.86. The van der Waals surface area contributed by atoms with Gasteiger partial charge in [0.15, 0.2) is 0 Å². The Morgan fingerprint density at radius 3 is 2.50 bits per heavy atom. The highest BCUT2D eigenvalue weighted by molar-refractivity contribution is 5.21. The van der Waals surface area contributed by atoms with Gasteiger partial charge in [0, 0.05) is 19.5 Å². The Hall–Kier alpha value is -0.970. The highest BCUT2D eigenvalue weighted by atomic mass is 16.5. The molecular weight excluding hydrogens is 202 g/mol. The van der Waals surface area contributed by atoms with Gasteiger partial charge >= 0.3 is 0 Å². The summed E-state index contributed by atoms with van der Waals surface area (Å²) in [6.07, 6.45) is 3.69. The summed E-state index contributed by atoms with van der Waals surface area (Å²) in [4.78, 5) is 4.18. The molecule has 0 bridgehead atoms. The van der Waals surface area contributed by atoms with Gasteiger partial charge < -0.3 is 4.74 Å². The van der Waals surface area contributed by atoms with Crippen LogP contribution in [0.3, 0.4) is 0 Å². The Labute approximate surface area is 97.2 Å². The van der Waals surface area contributed by atoms with E-state index in [9.17, 15) is 0 Å². The molecule has 2 unspecified atom stereocenters. The van der Waals surface area contributed by atoms with Gasteiger partial charge in [-0.2, -0.15) is 0 Å². The molecule has 0 aliphatic carbocycles. The molecule has 90 valence electrons. The van der Waals surface area contributed by atoms with Crippen molar-refractivity contribution in [3.63, 3.8) is 0 Å². The molecule has 0 amide bonds. The molecule has 0 aromatic carbocycles. The summed E-state index contributed by atoms with van der Waals surface area (Å²) in [5.74, 6) is 5.99. The molecule has 1 heterocycles. The van der Waals surface area contributed by atoms with Crippen molar-refractivity contribution in [3.05, 3.63) is 29.6 Å². The van der Waals surface area contributed by atoms with Crippen molar-refractivity contribution >= 4 is 0 Å². The minimum absolute atomic E-state index is 0.0302. The maximum Gasteiger partial charge on any atom is 0.0802 e. The number of hydrazine groups is 1. The minimum atomic E-state index is -0.0302. The average molecular weight is 223 g/mol. The van der Waals surface area contributed by atoms with Crippen LogP contribution in [0.5, 0.6) is 0 Å². The maximum absolute atomic E-state index is 5.61. The molecule has 2 atom stereocenters. The SMILES string of the molecule is COC(C(C)C)C(NN)c1cncc(C)c1. The Balaban J connectivity index is 2.96. The number of methoxy groups -OCH3 is 1. The van der Waals surface area contributed by atoms with Crippen LogP contribution in [0.2, 0.25) is 0 Å². The van der Waals surface area contributed by atoms with Crippen LogP contribution < -0.4 is 11.3 Å². The third-order valence-corrected chi connectivity index (χ3v) is 2.69. The van der Waals surface area contributed by atoms with Crippen LogP contribution in [0.4, 0.5) is 0 Å². The van der Waals surface area contributed by atoms with Crippen LogP contribution >= 0.6 is 0 Å². The quantitative estimate of drug-likeness (QED) is 0.587. The molecule has 0 fully saturated rings. The molecule has 4 nitrogen and oxygen atoms in total. The van der Waals surface area contributed by atoms with Crippen molar-refractivity contribution in [2.75, 3.05) is 7.11 Å². The second-order valence-corrected chi connectivity index (χ2v) is 4.38. The molecular formula is C12H21N3O. The first kappa shape index (κ1) is 13.1. The topological polar surface area (TPSA) is 60.2 Å². The van der Waals surface area contributed by atoms with Crippen LogP contribution in [-0.4, -0.2) is 18.2 Å². The highest BCUT2D eigenvalue weighted by Gasteiger charge is 2.25. The number of ether oxygens (including phenoxy) is 1. The Morgan fingerprint density at radius 2 is 2.06 bits per heavy atom. The number of aromatic nitrogens is 1. The van der Waals surface area contributed by atoms with Crippen molar-refractivity contribution in [1.82, 2.24) is 10.4 Å². The fourth-order valence-electron chi connectivity index (χ4n) is 1.92. The van der Waals surface area contributed by atoms with E-state index in [0.717, 1.165) is 11.1 Å². The van der Waals surface area contributed by atoms with Gasteiger partial charge in [-0.05, 0) is 24.0 Å². The summed E-state index contributed by atoms with van der Waals surface area (Å²) in [5.41, 5.74) is 4.99. The van der Waals surface area contributed by atoms with E-state index in [2.05, 4.69) is 30.3 Å². The molecule has 0 aliphatic heterocycles. The molecule has 0 radical (unpaired) electrons. The molecule has 0 saturated heterocycles. The second kappa shape index (κ2) is 5.94. The average Bonchev–Trinajstić information content (AvgIpc) is 2.25. The zero-order valence-corrected chi connectivity index (χ0v) is 10.4. The van der Waals surface area contributed by atoms with Crippen molar-refractivity contribution in [2.45, 2.75) is 32.9 Å². The molecule has 0 aliphatic rings. The summed E-state index contributed by atoms with van der Waals surface area (Å²) in [6.45, 7) is 6.24.